The topological polar surface area (TPSA) is 46.2 Å². The first kappa shape index (κ1) is 20.5. The first-order valence-corrected chi connectivity index (χ1v) is 10.9. The van der Waals surface area contributed by atoms with Gasteiger partial charge in [-0.05, 0) is 86.2 Å². The number of rotatable bonds is 5. The van der Waals surface area contributed by atoms with E-state index in [1.54, 1.807) is 24.6 Å². The Hall–Kier alpha value is -3.45. The Labute approximate surface area is 191 Å². The minimum absolute atomic E-state index is 0.0806. The molecule has 0 bridgehead atoms. The fourth-order valence-electron chi connectivity index (χ4n) is 4.56. The Balaban J connectivity index is 1.62. The second-order valence-electron chi connectivity index (χ2n) is 7.97. The lowest BCUT2D eigenvalue weighted by Crippen LogP contribution is -2.29. The van der Waals surface area contributed by atoms with Crippen molar-refractivity contribution in [1.82, 2.24) is 19.8 Å². The molecule has 1 N–H and O–H groups in total. The molecule has 0 amide bonds. The average molecular weight is 447 g/mol. The number of aryl methyl sites for hydroxylation is 1. The lowest BCUT2D eigenvalue weighted by Gasteiger charge is -2.27. The predicted molar refractivity (Wildman–Crippen MR) is 125 cm³/mol. The summed E-state index contributed by atoms with van der Waals surface area (Å²) in [6.07, 6.45) is 3.47. The zero-order valence-electron chi connectivity index (χ0n) is 17.8. The molecule has 5 nitrogen and oxygen atoms in total. The van der Waals surface area contributed by atoms with Gasteiger partial charge in [-0.25, -0.2) is 4.39 Å². The molecule has 2 atom stereocenters. The SMILES string of the molecule is Cc1cc([C@@H]2[C@@H](c3ccccn3)NC(=S)N2Cc2ccco2)c(C)n1-c1ccc(F)cc1. The molecule has 1 saturated heterocycles. The zero-order chi connectivity index (χ0) is 22.2. The van der Waals surface area contributed by atoms with Crippen molar-refractivity contribution >= 4 is 17.3 Å². The Morgan fingerprint density at radius 2 is 1.91 bits per heavy atom. The number of halogens is 1. The van der Waals surface area contributed by atoms with Crippen LogP contribution < -0.4 is 5.32 Å². The summed E-state index contributed by atoms with van der Waals surface area (Å²) in [6.45, 7) is 4.70. The fraction of sp³-hybridized carbons (Fsp3) is 0.200. The lowest BCUT2D eigenvalue weighted by atomic mass is 9.96. The van der Waals surface area contributed by atoms with Crippen LogP contribution in [0.3, 0.4) is 0 Å². The number of benzene rings is 1. The third-order valence-corrected chi connectivity index (χ3v) is 6.33. The molecule has 4 heterocycles. The van der Waals surface area contributed by atoms with Crippen LogP contribution in [0.2, 0.25) is 0 Å². The highest BCUT2D eigenvalue weighted by molar-refractivity contribution is 7.80. The maximum atomic E-state index is 13.5. The van der Waals surface area contributed by atoms with Crippen molar-refractivity contribution in [3.63, 3.8) is 0 Å². The molecule has 162 valence electrons. The van der Waals surface area contributed by atoms with Gasteiger partial charge in [0, 0.05) is 23.3 Å². The Morgan fingerprint density at radius 3 is 2.59 bits per heavy atom. The van der Waals surface area contributed by atoms with Gasteiger partial charge in [-0.3, -0.25) is 4.98 Å². The molecule has 0 unspecified atom stereocenters. The Bertz CT molecular complexity index is 1240. The van der Waals surface area contributed by atoms with E-state index in [-0.39, 0.29) is 17.9 Å². The molecule has 0 aliphatic carbocycles. The third kappa shape index (κ3) is 3.58. The van der Waals surface area contributed by atoms with Crippen molar-refractivity contribution in [2.45, 2.75) is 32.5 Å². The van der Waals surface area contributed by atoms with E-state index in [1.807, 2.05) is 30.3 Å². The van der Waals surface area contributed by atoms with E-state index < -0.39 is 0 Å². The molecule has 1 aromatic carbocycles. The summed E-state index contributed by atoms with van der Waals surface area (Å²) in [6, 6.07) is 18.3. The van der Waals surface area contributed by atoms with Crippen LogP contribution >= 0.6 is 12.2 Å². The number of aromatic nitrogens is 2. The quantitative estimate of drug-likeness (QED) is 0.416. The summed E-state index contributed by atoms with van der Waals surface area (Å²) < 4.78 is 21.3. The summed E-state index contributed by atoms with van der Waals surface area (Å²) in [4.78, 5) is 6.77. The van der Waals surface area contributed by atoms with E-state index in [9.17, 15) is 4.39 Å². The molecule has 7 heteroatoms. The third-order valence-electron chi connectivity index (χ3n) is 5.98. The van der Waals surface area contributed by atoms with Crippen LogP contribution in [0.15, 0.2) is 77.5 Å². The number of pyridine rings is 1. The minimum atomic E-state index is -0.249. The van der Waals surface area contributed by atoms with Crippen LogP contribution in [0.25, 0.3) is 5.69 Å². The summed E-state index contributed by atoms with van der Waals surface area (Å²) in [5.41, 5.74) is 5.14. The molecule has 1 fully saturated rings. The molecule has 1 aliphatic rings. The number of hydrogen-bond acceptors (Lipinski definition) is 3. The zero-order valence-corrected chi connectivity index (χ0v) is 18.6. The summed E-state index contributed by atoms with van der Waals surface area (Å²) >= 11 is 5.76. The van der Waals surface area contributed by atoms with Gasteiger partial charge in [0.15, 0.2) is 5.11 Å². The van der Waals surface area contributed by atoms with Crippen LogP contribution in [0.1, 0.15) is 40.5 Å². The van der Waals surface area contributed by atoms with Crippen molar-refractivity contribution in [1.29, 1.82) is 0 Å². The highest BCUT2D eigenvalue weighted by Crippen LogP contribution is 2.42. The highest BCUT2D eigenvalue weighted by atomic mass is 32.1. The molecular weight excluding hydrogens is 423 g/mol. The van der Waals surface area contributed by atoms with E-state index in [1.165, 1.54) is 12.1 Å². The summed E-state index contributed by atoms with van der Waals surface area (Å²) in [5, 5.41) is 4.14. The van der Waals surface area contributed by atoms with Crippen LogP contribution in [-0.4, -0.2) is 19.6 Å². The van der Waals surface area contributed by atoms with Crippen LogP contribution in [0.4, 0.5) is 4.39 Å². The monoisotopic (exact) mass is 446 g/mol. The van der Waals surface area contributed by atoms with Gasteiger partial charge in [-0.1, -0.05) is 6.07 Å². The van der Waals surface area contributed by atoms with E-state index in [2.05, 4.69) is 39.7 Å². The molecule has 5 rings (SSSR count). The molecule has 32 heavy (non-hydrogen) atoms. The van der Waals surface area contributed by atoms with E-state index in [4.69, 9.17) is 16.6 Å². The maximum Gasteiger partial charge on any atom is 0.170 e. The van der Waals surface area contributed by atoms with Crippen molar-refractivity contribution in [3.8, 4) is 5.69 Å². The molecule has 0 saturated carbocycles. The molecule has 4 aromatic rings. The number of furan rings is 1. The van der Waals surface area contributed by atoms with Crippen LogP contribution in [0, 0.1) is 19.7 Å². The van der Waals surface area contributed by atoms with E-state index >= 15 is 0 Å². The summed E-state index contributed by atoms with van der Waals surface area (Å²) in [5.74, 6) is 0.592. The Kier molecular flexibility index (Phi) is 5.27. The van der Waals surface area contributed by atoms with Crippen LogP contribution in [0.5, 0.6) is 0 Å². The van der Waals surface area contributed by atoms with Gasteiger partial charge in [0.2, 0.25) is 0 Å². The molecule has 3 aromatic heterocycles. The molecule has 0 spiro atoms. The van der Waals surface area contributed by atoms with Gasteiger partial charge in [-0.2, -0.15) is 0 Å². The van der Waals surface area contributed by atoms with Gasteiger partial charge >= 0.3 is 0 Å². The maximum absolute atomic E-state index is 13.5. The van der Waals surface area contributed by atoms with Crippen molar-refractivity contribution < 1.29 is 8.81 Å². The van der Waals surface area contributed by atoms with Gasteiger partial charge in [0.1, 0.15) is 11.6 Å². The smallest absolute Gasteiger partial charge is 0.170 e. The molecular formula is C25H23FN4OS. The standard InChI is InChI=1S/C25H23FN4OS/c1-16-14-21(17(2)30(16)19-10-8-18(26)9-11-19)24-23(22-7-3-4-12-27-22)28-25(32)29(24)15-20-6-5-13-31-20/h3-14,23-24H,15H2,1-2H3,(H,28,32)/t23-,24-/m1/s1. The second-order valence-corrected chi connectivity index (χ2v) is 8.36. The number of thiocarbonyl (C=S) groups is 1. The largest absolute Gasteiger partial charge is 0.467 e. The lowest BCUT2D eigenvalue weighted by molar-refractivity contribution is 0.286. The van der Waals surface area contributed by atoms with Gasteiger partial charge in [0.05, 0.1) is 30.6 Å². The van der Waals surface area contributed by atoms with Crippen LogP contribution in [-0.2, 0) is 6.54 Å². The molecule has 0 radical (unpaired) electrons. The summed E-state index contributed by atoms with van der Waals surface area (Å²) in [7, 11) is 0. The van der Waals surface area contributed by atoms with E-state index in [0.29, 0.717) is 11.7 Å². The number of hydrogen-bond donors (Lipinski definition) is 1. The van der Waals surface area contributed by atoms with Crippen molar-refractivity contribution in [3.05, 3.63) is 107 Å². The predicted octanol–water partition coefficient (Wildman–Crippen LogP) is 5.39. The number of nitrogens with one attached hydrogen (secondary N) is 1. The number of nitrogens with zero attached hydrogens (tertiary/aromatic N) is 3. The van der Waals surface area contributed by atoms with Gasteiger partial charge in [0.25, 0.3) is 0 Å². The van der Waals surface area contributed by atoms with E-state index in [0.717, 1.165) is 34.1 Å². The van der Waals surface area contributed by atoms with Crippen molar-refractivity contribution in [2.24, 2.45) is 0 Å². The average Bonchev–Trinajstić information content (AvgIpc) is 3.49. The first-order valence-electron chi connectivity index (χ1n) is 10.5. The van der Waals surface area contributed by atoms with Gasteiger partial charge in [-0.15, -0.1) is 0 Å². The van der Waals surface area contributed by atoms with Gasteiger partial charge < -0.3 is 19.2 Å². The minimum Gasteiger partial charge on any atom is -0.467 e. The fourth-order valence-corrected chi connectivity index (χ4v) is 4.86. The molecule has 1 aliphatic heterocycles. The second kappa shape index (κ2) is 8.24. The normalized spacial score (nSPS) is 18.2. The van der Waals surface area contributed by atoms with Crippen molar-refractivity contribution in [2.75, 3.05) is 0 Å². The first-order chi connectivity index (χ1) is 15.5. The highest BCUT2D eigenvalue weighted by Gasteiger charge is 2.41. The Morgan fingerprint density at radius 1 is 1.09 bits per heavy atom.